The molecule has 14 heavy (non-hydrogen) atoms. The van der Waals surface area contributed by atoms with Crippen molar-refractivity contribution in [3.8, 4) is 0 Å². The van der Waals surface area contributed by atoms with Crippen LogP contribution in [0.2, 0.25) is 0 Å². The highest BCUT2D eigenvalue weighted by Gasteiger charge is 2.41. The standard InChI is InChI=1S/C13H25N/c1-3-7-13(8-9-13)10-14-12-6-4-5-11(12)2/h11-12,14H,3-10H2,1-2H3. The van der Waals surface area contributed by atoms with E-state index in [-0.39, 0.29) is 0 Å². The number of rotatable bonds is 5. The molecule has 2 fully saturated rings. The Kier molecular flexibility index (Phi) is 3.16. The third kappa shape index (κ3) is 2.31. The normalized spacial score (nSPS) is 34.7. The van der Waals surface area contributed by atoms with E-state index in [2.05, 4.69) is 19.2 Å². The van der Waals surface area contributed by atoms with Gasteiger partial charge in [0.05, 0.1) is 0 Å². The topological polar surface area (TPSA) is 12.0 Å². The second-order valence-electron chi connectivity index (χ2n) is 5.65. The minimum Gasteiger partial charge on any atom is -0.313 e. The molecule has 2 aliphatic rings. The minimum atomic E-state index is 0.733. The van der Waals surface area contributed by atoms with Crippen molar-refractivity contribution in [3.63, 3.8) is 0 Å². The summed E-state index contributed by atoms with van der Waals surface area (Å²) in [6, 6.07) is 0.837. The van der Waals surface area contributed by atoms with Crippen LogP contribution in [0.3, 0.4) is 0 Å². The van der Waals surface area contributed by atoms with Crippen molar-refractivity contribution in [2.75, 3.05) is 6.54 Å². The average molecular weight is 195 g/mol. The molecule has 0 spiro atoms. The van der Waals surface area contributed by atoms with E-state index in [9.17, 15) is 0 Å². The molecule has 0 aliphatic heterocycles. The highest BCUT2D eigenvalue weighted by Crippen LogP contribution is 2.49. The molecule has 2 saturated carbocycles. The Morgan fingerprint density at radius 2 is 2.07 bits per heavy atom. The van der Waals surface area contributed by atoms with Gasteiger partial charge in [-0.05, 0) is 43.4 Å². The van der Waals surface area contributed by atoms with Crippen LogP contribution in [-0.2, 0) is 0 Å². The molecule has 0 heterocycles. The highest BCUT2D eigenvalue weighted by atomic mass is 14.9. The SMILES string of the molecule is CCCC1(CNC2CCCC2C)CC1. The molecule has 0 aromatic heterocycles. The van der Waals surface area contributed by atoms with Crippen molar-refractivity contribution >= 4 is 0 Å². The van der Waals surface area contributed by atoms with Crippen LogP contribution >= 0.6 is 0 Å². The third-order valence-corrected chi connectivity index (χ3v) is 4.34. The fourth-order valence-corrected chi connectivity index (χ4v) is 3.02. The summed E-state index contributed by atoms with van der Waals surface area (Å²) in [5.41, 5.74) is 0.733. The van der Waals surface area contributed by atoms with Gasteiger partial charge in [-0.25, -0.2) is 0 Å². The molecule has 0 radical (unpaired) electrons. The van der Waals surface area contributed by atoms with Gasteiger partial charge in [0.1, 0.15) is 0 Å². The molecule has 0 saturated heterocycles. The lowest BCUT2D eigenvalue weighted by Crippen LogP contribution is -2.35. The fraction of sp³-hybridized carbons (Fsp3) is 1.00. The van der Waals surface area contributed by atoms with Crippen LogP contribution in [0.25, 0.3) is 0 Å². The maximum atomic E-state index is 3.82. The molecule has 1 heteroatoms. The zero-order valence-electron chi connectivity index (χ0n) is 9.81. The van der Waals surface area contributed by atoms with Gasteiger partial charge in [0, 0.05) is 12.6 Å². The number of hydrogen-bond donors (Lipinski definition) is 1. The molecule has 0 amide bonds. The first kappa shape index (κ1) is 10.5. The van der Waals surface area contributed by atoms with Gasteiger partial charge < -0.3 is 5.32 Å². The van der Waals surface area contributed by atoms with Crippen LogP contribution in [0.4, 0.5) is 0 Å². The summed E-state index contributed by atoms with van der Waals surface area (Å²) in [6.45, 7) is 6.03. The monoisotopic (exact) mass is 195 g/mol. The van der Waals surface area contributed by atoms with Gasteiger partial charge >= 0.3 is 0 Å². The Morgan fingerprint density at radius 3 is 2.57 bits per heavy atom. The van der Waals surface area contributed by atoms with E-state index in [1.807, 2.05) is 0 Å². The summed E-state index contributed by atoms with van der Waals surface area (Å²) in [7, 11) is 0. The Balaban J connectivity index is 1.71. The maximum absolute atomic E-state index is 3.82. The van der Waals surface area contributed by atoms with E-state index >= 15 is 0 Å². The smallest absolute Gasteiger partial charge is 0.00929 e. The Morgan fingerprint density at radius 1 is 1.29 bits per heavy atom. The molecule has 2 rings (SSSR count). The van der Waals surface area contributed by atoms with E-state index in [1.54, 1.807) is 0 Å². The van der Waals surface area contributed by atoms with E-state index in [0.29, 0.717) is 0 Å². The Bertz CT molecular complexity index is 184. The van der Waals surface area contributed by atoms with Gasteiger partial charge in [-0.1, -0.05) is 26.7 Å². The van der Waals surface area contributed by atoms with Gasteiger partial charge in [0.15, 0.2) is 0 Å². The van der Waals surface area contributed by atoms with Crippen LogP contribution in [0.1, 0.15) is 58.8 Å². The first-order valence-corrected chi connectivity index (χ1v) is 6.49. The molecule has 0 aromatic carbocycles. The van der Waals surface area contributed by atoms with Crippen LogP contribution in [0.5, 0.6) is 0 Å². The second kappa shape index (κ2) is 4.22. The van der Waals surface area contributed by atoms with E-state index in [0.717, 1.165) is 17.4 Å². The summed E-state index contributed by atoms with van der Waals surface area (Å²) in [5.74, 6) is 0.924. The molecular formula is C13H25N. The first-order valence-electron chi connectivity index (χ1n) is 6.49. The number of nitrogens with one attached hydrogen (secondary N) is 1. The quantitative estimate of drug-likeness (QED) is 0.709. The minimum absolute atomic E-state index is 0.733. The van der Waals surface area contributed by atoms with Crippen LogP contribution in [0, 0.1) is 11.3 Å². The van der Waals surface area contributed by atoms with Crippen molar-refractivity contribution < 1.29 is 0 Å². The molecule has 2 aliphatic carbocycles. The van der Waals surface area contributed by atoms with Gasteiger partial charge in [0.25, 0.3) is 0 Å². The third-order valence-electron chi connectivity index (χ3n) is 4.34. The molecule has 2 atom stereocenters. The molecule has 1 N–H and O–H groups in total. The van der Waals surface area contributed by atoms with E-state index in [4.69, 9.17) is 0 Å². The summed E-state index contributed by atoms with van der Waals surface area (Å²) >= 11 is 0. The lowest BCUT2D eigenvalue weighted by molar-refractivity contribution is 0.353. The van der Waals surface area contributed by atoms with Gasteiger partial charge in [-0.2, -0.15) is 0 Å². The maximum Gasteiger partial charge on any atom is 0.00929 e. The number of hydrogen-bond acceptors (Lipinski definition) is 1. The molecule has 2 unspecified atom stereocenters. The van der Waals surface area contributed by atoms with Gasteiger partial charge in [-0.3, -0.25) is 0 Å². The van der Waals surface area contributed by atoms with Crippen molar-refractivity contribution in [2.24, 2.45) is 11.3 Å². The largest absolute Gasteiger partial charge is 0.313 e. The summed E-state index contributed by atoms with van der Waals surface area (Å²) in [5, 5.41) is 3.82. The zero-order chi connectivity index (χ0) is 10.0. The summed E-state index contributed by atoms with van der Waals surface area (Å²) < 4.78 is 0. The lowest BCUT2D eigenvalue weighted by Gasteiger charge is -2.22. The predicted molar refractivity (Wildman–Crippen MR) is 61.4 cm³/mol. The molecule has 82 valence electrons. The zero-order valence-corrected chi connectivity index (χ0v) is 9.81. The Labute approximate surface area is 88.7 Å². The van der Waals surface area contributed by atoms with Crippen LogP contribution in [-0.4, -0.2) is 12.6 Å². The van der Waals surface area contributed by atoms with E-state index < -0.39 is 0 Å². The molecule has 1 nitrogen and oxygen atoms in total. The van der Waals surface area contributed by atoms with Gasteiger partial charge in [-0.15, -0.1) is 0 Å². The predicted octanol–water partition coefficient (Wildman–Crippen LogP) is 3.34. The molecule has 0 aromatic rings. The van der Waals surface area contributed by atoms with Crippen molar-refractivity contribution in [1.29, 1.82) is 0 Å². The van der Waals surface area contributed by atoms with Crippen molar-refractivity contribution in [2.45, 2.75) is 64.8 Å². The van der Waals surface area contributed by atoms with Crippen molar-refractivity contribution in [3.05, 3.63) is 0 Å². The fourth-order valence-electron chi connectivity index (χ4n) is 3.02. The lowest BCUT2D eigenvalue weighted by atomic mass is 9.99. The van der Waals surface area contributed by atoms with Crippen LogP contribution < -0.4 is 5.32 Å². The second-order valence-corrected chi connectivity index (χ2v) is 5.65. The van der Waals surface area contributed by atoms with Crippen LogP contribution in [0.15, 0.2) is 0 Å². The Hall–Kier alpha value is -0.0400. The first-order chi connectivity index (χ1) is 6.76. The molecular weight excluding hydrogens is 170 g/mol. The summed E-state index contributed by atoms with van der Waals surface area (Å²) in [4.78, 5) is 0. The van der Waals surface area contributed by atoms with E-state index in [1.165, 1.54) is 51.5 Å². The highest BCUT2D eigenvalue weighted by molar-refractivity contribution is 4.95. The molecule has 0 bridgehead atoms. The summed E-state index contributed by atoms with van der Waals surface area (Å²) in [6.07, 6.45) is 10.1. The van der Waals surface area contributed by atoms with Gasteiger partial charge in [0.2, 0.25) is 0 Å². The van der Waals surface area contributed by atoms with Crippen molar-refractivity contribution in [1.82, 2.24) is 5.32 Å². The average Bonchev–Trinajstić information content (AvgIpc) is 2.81.